The summed E-state index contributed by atoms with van der Waals surface area (Å²) in [6.45, 7) is 1.94. The molecule has 0 aliphatic carbocycles. The second-order valence-corrected chi connectivity index (χ2v) is 2.72. The number of halogens is 2. The van der Waals surface area contributed by atoms with Crippen molar-refractivity contribution in [3.05, 3.63) is 0 Å². The van der Waals surface area contributed by atoms with Crippen LogP contribution >= 0.6 is 0 Å². The minimum Gasteiger partial charge on any atom is -0.294 e. The Kier molecular flexibility index (Phi) is 2.35. The van der Waals surface area contributed by atoms with Crippen LogP contribution in [0.2, 0.25) is 0 Å². The van der Waals surface area contributed by atoms with Crippen molar-refractivity contribution in [3.8, 4) is 0 Å². The molecule has 0 aromatic carbocycles. The lowest BCUT2D eigenvalue weighted by atomic mass is 9.99. The Morgan fingerprint density at radius 2 is 2.20 bits per heavy atom. The standard InChI is InChI=1S/C7H11F2N/c1-5-2-3-6(4-10-5)7(8)9/h4-7H,2-3H2,1H3. The van der Waals surface area contributed by atoms with Crippen LogP contribution in [0, 0.1) is 5.92 Å². The highest BCUT2D eigenvalue weighted by atomic mass is 19.3. The van der Waals surface area contributed by atoms with Gasteiger partial charge in [-0.05, 0) is 19.8 Å². The molecule has 0 aromatic heterocycles. The molecule has 3 heteroatoms. The highest BCUT2D eigenvalue weighted by molar-refractivity contribution is 5.62. The summed E-state index contributed by atoms with van der Waals surface area (Å²) in [7, 11) is 0. The molecule has 10 heavy (non-hydrogen) atoms. The first-order chi connectivity index (χ1) is 4.70. The number of hydrogen-bond acceptors (Lipinski definition) is 1. The molecule has 2 atom stereocenters. The van der Waals surface area contributed by atoms with Crippen LogP contribution in [0.5, 0.6) is 0 Å². The summed E-state index contributed by atoms with van der Waals surface area (Å²) >= 11 is 0. The molecule has 0 saturated heterocycles. The van der Waals surface area contributed by atoms with E-state index >= 15 is 0 Å². The van der Waals surface area contributed by atoms with Crippen molar-refractivity contribution in [2.24, 2.45) is 10.9 Å². The second kappa shape index (κ2) is 3.08. The molecule has 1 rings (SSSR count). The summed E-state index contributed by atoms with van der Waals surface area (Å²) in [6, 6.07) is 0.245. The number of aliphatic imine (C=N–C) groups is 1. The molecule has 0 spiro atoms. The molecule has 2 unspecified atom stereocenters. The topological polar surface area (TPSA) is 12.4 Å². The van der Waals surface area contributed by atoms with E-state index in [4.69, 9.17) is 0 Å². The summed E-state index contributed by atoms with van der Waals surface area (Å²) in [4.78, 5) is 3.93. The number of hydrogen-bond donors (Lipinski definition) is 0. The van der Waals surface area contributed by atoms with Gasteiger partial charge < -0.3 is 0 Å². The first-order valence-corrected chi connectivity index (χ1v) is 3.51. The van der Waals surface area contributed by atoms with Crippen molar-refractivity contribution in [1.29, 1.82) is 0 Å². The van der Waals surface area contributed by atoms with Crippen LogP contribution in [0.4, 0.5) is 8.78 Å². The van der Waals surface area contributed by atoms with Crippen molar-refractivity contribution in [1.82, 2.24) is 0 Å². The predicted octanol–water partition coefficient (Wildman–Crippen LogP) is 2.12. The van der Waals surface area contributed by atoms with Crippen molar-refractivity contribution in [3.63, 3.8) is 0 Å². The van der Waals surface area contributed by atoms with Crippen molar-refractivity contribution < 1.29 is 8.78 Å². The van der Waals surface area contributed by atoms with E-state index in [9.17, 15) is 8.78 Å². The fourth-order valence-electron chi connectivity index (χ4n) is 1.03. The zero-order valence-corrected chi connectivity index (χ0v) is 5.93. The average Bonchev–Trinajstić information content (AvgIpc) is 1.88. The average molecular weight is 147 g/mol. The van der Waals surface area contributed by atoms with Gasteiger partial charge in [0.05, 0.1) is 5.92 Å². The van der Waals surface area contributed by atoms with Gasteiger partial charge in [-0.1, -0.05) is 0 Å². The summed E-state index contributed by atoms with van der Waals surface area (Å²) in [5.74, 6) is -0.587. The smallest absolute Gasteiger partial charge is 0.246 e. The van der Waals surface area contributed by atoms with Gasteiger partial charge in [-0.3, -0.25) is 4.99 Å². The molecule has 1 aliphatic rings. The SMILES string of the molecule is CC1CCC(C(F)F)C=N1. The van der Waals surface area contributed by atoms with Gasteiger partial charge in [0.2, 0.25) is 6.43 Å². The van der Waals surface area contributed by atoms with Gasteiger partial charge in [0, 0.05) is 12.3 Å². The zero-order chi connectivity index (χ0) is 7.56. The lowest BCUT2D eigenvalue weighted by molar-refractivity contribution is 0.103. The second-order valence-electron chi connectivity index (χ2n) is 2.72. The van der Waals surface area contributed by atoms with Crippen LogP contribution in [0.15, 0.2) is 4.99 Å². The summed E-state index contributed by atoms with van der Waals surface area (Å²) in [5.41, 5.74) is 0. The number of alkyl halides is 2. The minimum absolute atomic E-state index is 0.245. The Morgan fingerprint density at radius 1 is 1.50 bits per heavy atom. The third-order valence-electron chi connectivity index (χ3n) is 1.77. The quantitative estimate of drug-likeness (QED) is 0.538. The van der Waals surface area contributed by atoms with E-state index in [1.165, 1.54) is 6.21 Å². The predicted molar refractivity (Wildman–Crippen MR) is 36.7 cm³/mol. The molecule has 1 heterocycles. The number of rotatable bonds is 1. The van der Waals surface area contributed by atoms with E-state index in [-0.39, 0.29) is 6.04 Å². The Balaban J connectivity index is 2.45. The minimum atomic E-state index is -2.23. The molecule has 0 bridgehead atoms. The first kappa shape index (κ1) is 7.63. The fraction of sp³-hybridized carbons (Fsp3) is 0.857. The van der Waals surface area contributed by atoms with E-state index in [2.05, 4.69) is 4.99 Å². The molecule has 0 N–H and O–H groups in total. The Morgan fingerprint density at radius 3 is 2.60 bits per heavy atom. The lowest BCUT2D eigenvalue weighted by Gasteiger charge is -2.18. The van der Waals surface area contributed by atoms with E-state index in [0.29, 0.717) is 6.42 Å². The molecule has 58 valence electrons. The van der Waals surface area contributed by atoms with Gasteiger partial charge in [0.25, 0.3) is 0 Å². The summed E-state index contributed by atoms with van der Waals surface area (Å²) in [5, 5.41) is 0. The Bertz CT molecular complexity index is 134. The summed E-state index contributed by atoms with van der Waals surface area (Å²) < 4.78 is 23.9. The molecule has 0 saturated carbocycles. The highest BCUT2D eigenvalue weighted by Crippen LogP contribution is 2.20. The molecule has 1 aliphatic heterocycles. The van der Waals surface area contributed by atoms with Gasteiger partial charge in [-0.25, -0.2) is 8.78 Å². The van der Waals surface area contributed by atoms with Gasteiger partial charge in [0.15, 0.2) is 0 Å². The monoisotopic (exact) mass is 147 g/mol. The molecule has 0 fully saturated rings. The fourth-order valence-corrected chi connectivity index (χ4v) is 1.03. The van der Waals surface area contributed by atoms with E-state index in [0.717, 1.165) is 6.42 Å². The molecular formula is C7H11F2N. The van der Waals surface area contributed by atoms with Crippen molar-refractivity contribution in [2.75, 3.05) is 0 Å². The summed E-state index contributed by atoms with van der Waals surface area (Å²) in [6.07, 6.45) is 0.559. The van der Waals surface area contributed by atoms with Crippen molar-refractivity contribution in [2.45, 2.75) is 32.2 Å². The zero-order valence-electron chi connectivity index (χ0n) is 5.93. The molecule has 1 nitrogen and oxygen atoms in total. The van der Waals surface area contributed by atoms with Crippen LogP contribution in [-0.2, 0) is 0 Å². The van der Waals surface area contributed by atoms with Crippen molar-refractivity contribution >= 4 is 6.21 Å². The van der Waals surface area contributed by atoms with Crippen LogP contribution in [0.3, 0.4) is 0 Å². The molecule has 0 amide bonds. The highest BCUT2D eigenvalue weighted by Gasteiger charge is 2.21. The molecular weight excluding hydrogens is 136 g/mol. The molecule has 0 radical (unpaired) electrons. The van der Waals surface area contributed by atoms with E-state index in [1.807, 2.05) is 6.92 Å². The Labute approximate surface area is 59.1 Å². The normalized spacial score (nSPS) is 33.2. The van der Waals surface area contributed by atoms with E-state index < -0.39 is 12.3 Å². The van der Waals surface area contributed by atoms with Gasteiger partial charge in [-0.15, -0.1) is 0 Å². The third kappa shape index (κ3) is 1.75. The lowest BCUT2D eigenvalue weighted by Crippen LogP contribution is -2.20. The maximum atomic E-state index is 12.0. The largest absolute Gasteiger partial charge is 0.294 e. The van der Waals surface area contributed by atoms with Crippen LogP contribution < -0.4 is 0 Å². The van der Waals surface area contributed by atoms with Gasteiger partial charge >= 0.3 is 0 Å². The van der Waals surface area contributed by atoms with Gasteiger partial charge in [-0.2, -0.15) is 0 Å². The molecule has 0 aromatic rings. The number of nitrogens with zero attached hydrogens (tertiary/aromatic N) is 1. The van der Waals surface area contributed by atoms with E-state index in [1.54, 1.807) is 0 Å². The maximum absolute atomic E-state index is 12.0. The Hall–Kier alpha value is -0.470. The maximum Gasteiger partial charge on any atom is 0.246 e. The first-order valence-electron chi connectivity index (χ1n) is 3.51. The van der Waals surface area contributed by atoms with Crippen LogP contribution in [0.1, 0.15) is 19.8 Å². The van der Waals surface area contributed by atoms with Crippen LogP contribution in [-0.4, -0.2) is 18.7 Å². The van der Waals surface area contributed by atoms with Gasteiger partial charge in [0.1, 0.15) is 0 Å². The third-order valence-corrected chi connectivity index (χ3v) is 1.77. The van der Waals surface area contributed by atoms with Crippen LogP contribution in [0.25, 0.3) is 0 Å².